The normalized spacial score (nSPS) is 15.4. The summed E-state index contributed by atoms with van der Waals surface area (Å²) in [5, 5.41) is 10.6. The molecule has 38 heavy (non-hydrogen) atoms. The van der Waals surface area contributed by atoms with Crippen LogP contribution in [0.5, 0.6) is 0 Å². The number of ether oxygens (including phenoxy) is 1. The van der Waals surface area contributed by atoms with E-state index in [0.717, 1.165) is 52.7 Å². The molecule has 1 aliphatic heterocycles. The number of hydrogen-bond donors (Lipinski definition) is 0. The Morgan fingerprint density at radius 3 is 2.45 bits per heavy atom. The fourth-order valence-corrected chi connectivity index (χ4v) is 5.59. The van der Waals surface area contributed by atoms with Crippen molar-refractivity contribution in [2.75, 3.05) is 6.61 Å². The summed E-state index contributed by atoms with van der Waals surface area (Å²) in [7, 11) is 0. The van der Waals surface area contributed by atoms with Crippen molar-refractivity contribution in [3.05, 3.63) is 95.8 Å². The van der Waals surface area contributed by atoms with Crippen LogP contribution in [0.15, 0.2) is 78.0 Å². The van der Waals surface area contributed by atoms with Gasteiger partial charge in [0.1, 0.15) is 0 Å². The van der Waals surface area contributed by atoms with E-state index in [-0.39, 0.29) is 11.9 Å². The average molecular weight is 533 g/mol. The molecular formula is C29H23F3N4OS. The number of nitrogens with zero attached hydrogens (tertiary/aromatic N) is 4. The highest BCUT2D eigenvalue weighted by atomic mass is 32.2. The van der Waals surface area contributed by atoms with Crippen LogP contribution in [0.2, 0.25) is 0 Å². The van der Waals surface area contributed by atoms with E-state index in [2.05, 4.69) is 10.2 Å². The van der Waals surface area contributed by atoms with Gasteiger partial charge in [0, 0.05) is 28.9 Å². The number of pyridine rings is 1. The number of halogens is 3. The highest BCUT2D eigenvalue weighted by Crippen LogP contribution is 2.34. The van der Waals surface area contributed by atoms with Crippen LogP contribution in [-0.2, 0) is 17.0 Å². The highest BCUT2D eigenvalue weighted by molar-refractivity contribution is 7.98. The number of hydrogen-bond acceptors (Lipinski definition) is 5. The molecule has 0 saturated carbocycles. The zero-order valence-corrected chi connectivity index (χ0v) is 21.1. The van der Waals surface area contributed by atoms with Crippen molar-refractivity contribution < 1.29 is 17.9 Å². The van der Waals surface area contributed by atoms with Gasteiger partial charge in [0.2, 0.25) is 0 Å². The van der Waals surface area contributed by atoms with Gasteiger partial charge in [0.15, 0.2) is 28.4 Å². The summed E-state index contributed by atoms with van der Waals surface area (Å²) in [6.07, 6.45) is 1.91. The number of thioether (sulfide) groups is 1. The second-order valence-electron chi connectivity index (χ2n) is 9.15. The van der Waals surface area contributed by atoms with Crippen molar-refractivity contribution in [2.45, 2.75) is 36.4 Å². The van der Waals surface area contributed by atoms with Gasteiger partial charge < -0.3 is 4.74 Å². The molecule has 2 aromatic heterocycles. The van der Waals surface area contributed by atoms with Crippen molar-refractivity contribution in [3.63, 3.8) is 0 Å². The highest BCUT2D eigenvalue weighted by Gasteiger charge is 2.24. The number of fused-ring (bicyclic) bond motifs is 1. The Bertz CT molecular complexity index is 1580. The van der Waals surface area contributed by atoms with Crippen molar-refractivity contribution >= 4 is 22.7 Å². The molecule has 3 aromatic carbocycles. The van der Waals surface area contributed by atoms with Crippen LogP contribution in [0.4, 0.5) is 13.2 Å². The predicted octanol–water partition coefficient (Wildman–Crippen LogP) is 7.05. The van der Waals surface area contributed by atoms with E-state index in [0.29, 0.717) is 29.7 Å². The Balaban J connectivity index is 1.43. The van der Waals surface area contributed by atoms with Crippen LogP contribution >= 0.6 is 11.8 Å². The molecule has 0 N–H and O–H groups in total. The first-order valence-corrected chi connectivity index (χ1v) is 13.3. The molecule has 6 rings (SSSR count). The summed E-state index contributed by atoms with van der Waals surface area (Å²) in [4.78, 5) is 4.88. The van der Waals surface area contributed by atoms with E-state index in [1.54, 1.807) is 0 Å². The quantitative estimate of drug-likeness (QED) is 0.166. The van der Waals surface area contributed by atoms with Crippen LogP contribution in [0, 0.1) is 17.5 Å². The molecular weight excluding hydrogens is 509 g/mol. The van der Waals surface area contributed by atoms with Gasteiger partial charge in [-0.1, -0.05) is 60.3 Å². The average Bonchev–Trinajstić information content (AvgIpc) is 3.60. The van der Waals surface area contributed by atoms with Crippen LogP contribution < -0.4 is 0 Å². The molecule has 0 unspecified atom stereocenters. The molecule has 5 aromatic rings. The summed E-state index contributed by atoms with van der Waals surface area (Å²) in [6, 6.07) is 21.9. The molecule has 0 amide bonds. The summed E-state index contributed by atoms with van der Waals surface area (Å²) >= 11 is 1.29. The largest absolute Gasteiger partial charge is 0.376 e. The second-order valence-corrected chi connectivity index (χ2v) is 10.1. The number of aromatic nitrogens is 4. The lowest BCUT2D eigenvalue weighted by atomic mass is 10.0. The standard InChI is InChI=1S/C29H23F3N4OS/c30-23-13-18(14-24(31)27(23)32)17-38-29-35-34-28(36(29)16-20-9-6-12-37-20)22-15-26(19-7-2-1-3-8-19)33-25-11-5-4-10-21(22)25/h1-5,7-8,10-11,13-15,20H,6,9,12,16-17H2/t20-/m0/s1. The Morgan fingerprint density at radius 1 is 0.921 bits per heavy atom. The van der Waals surface area contributed by atoms with Gasteiger partial charge in [-0.15, -0.1) is 10.2 Å². The maximum absolute atomic E-state index is 13.8. The minimum atomic E-state index is -1.47. The fourth-order valence-electron chi connectivity index (χ4n) is 4.71. The fraction of sp³-hybridized carbons (Fsp3) is 0.207. The molecule has 5 nitrogen and oxygen atoms in total. The monoisotopic (exact) mass is 532 g/mol. The lowest BCUT2D eigenvalue weighted by Gasteiger charge is -2.16. The Morgan fingerprint density at radius 2 is 1.68 bits per heavy atom. The minimum absolute atomic E-state index is 0.00602. The van der Waals surface area contributed by atoms with Crippen molar-refractivity contribution in [1.29, 1.82) is 0 Å². The van der Waals surface area contributed by atoms with E-state index in [1.807, 2.05) is 65.2 Å². The maximum atomic E-state index is 13.8. The van der Waals surface area contributed by atoms with Gasteiger partial charge in [0.05, 0.1) is 23.9 Å². The van der Waals surface area contributed by atoms with Crippen LogP contribution in [0.3, 0.4) is 0 Å². The third-order valence-electron chi connectivity index (χ3n) is 6.57. The molecule has 192 valence electrons. The van der Waals surface area contributed by atoms with E-state index in [9.17, 15) is 13.2 Å². The third kappa shape index (κ3) is 4.91. The van der Waals surface area contributed by atoms with Gasteiger partial charge in [-0.25, -0.2) is 18.2 Å². The molecule has 0 spiro atoms. The summed E-state index contributed by atoms with van der Waals surface area (Å²) in [6.45, 7) is 1.24. The third-order valence-corrected chi connectivity index (χ3v) is 7.60. The number of benzene rings is 3. The molecule has 1 fully saturated rings. The van der Waals surface area contributed by atoms with Crippen molar-refractivity contribution in [1.82, 2.24) is 19.7 Å². The zero-order chi connectivity index (χ0) is 26.1. The van der Waals surface area contributed by atoms with Gasteiger partial charge in [-0.05, 0) is 42.7 Å². The summed E-state index contributed by atoms with van der Waals surface area (Å²) in [5.41, 5.74) is 3.84. The maximum Gasteiger partial charge on any atom is 0.194 e. The van der Waals surface area contributed by atoms with Gasteiger partial charge in [-0.2, -0.15) is 0 Å². The molecule has 0 aliphatic carbocycles. The first-order chi connectivity index (χ1) is 18.6. The van der Waals surface area contributed by atoms with E-state index in [4.69, 9.17) is 9.72 Å². The first kappa shape index (κ1) is 24.6. The number of para-hydroxylation sites is 1. The first-order valence-electron chi connectivity index (χ1n) is 12.3. The molecule has 0 bridgehead atoms. The molecule has 1 saturated heterocycles. The van der Waals surface area contributed by atoms with Gasteiger partial charge in [-0.3, -0.25) is 4.57 Å². The predicted molar refractivity (Wildman–Crippen MR) is 141 cm³/mol. The van der Waals surface area contributed by atoms with Gasteiger partial charge >= 0.3 is 0 Å². The topological polar surface area (TPSA) is 52.8 Å². The Hall–Kier alpha value is -3.69. The van der Waals surface area contributed by atoms with E-state index < -0.39 is 17.5 Å². The minimum Gasteiger partial charge on any atom is -0.376 e. The van der Waals surface area contributed by atoms with Crippen LogP contribution in [0.1, 0.15) is 18.4 Å². The van der Waals surface area contributed by atoms with E-state index in [1.165, 1.54) is 11.8 Å². The summed E-state index contributed by atoms with van der Waals surface area (Å²) in [5.74, 6) is -3.03. The van der Waals surface area contributed by atoms with Crippen molar-refractivity contribution in [2.24, 2.45) is 0 Å². The molecule has 3 heterocycles. The van der Waals surface area contributed by atoms with Crippen LogP contribution in [-0.4, -0.2) is 32.5 Å². The van der Waals surface area contributed by atoms with Crippen molar-refractivity contribution in [3.8, 4) is 22.6 Å². The Kier molecular flexibility index (Phi) is 6.86. The molecule has 1 atom stereocenters. The lowest BCUT2D eigenvalue weighted by Crippen LogP contribution is -2.16. The molecule has 0 radical (unpaired) electrons. The smallest absolute Gasteiger partial charge is 0.194 e. The second kappa shape index (κ2) is 10.6. The van der Waals surface area contributed by atoms with Gasteiger partial charge in [0.25, 0.3) is 0 Å². The Labute approximate surface area is 221 Å². The van der Waals surface area contributed by atoms with Crippen LogP contribution in [0.25, 0.3) is 33.5 Å². The number of rotatable bonds is 7. The molecule has 9 heteroatoms. The molecule has 1 aliphatic rings. The SMILES string of the molecule is Fc1cc(CSc2nnc(-c3cc(-c4ccccc4)nc4ccccc34)n2C[C@@H]2CCCO2)cc(F)c1F. The lowest BCUT2D eigenvalue weighted by molar-refractivity contribution is 0.0953. The summed E-state index contributed by atoms with van der Waals surface area (Å²) < 4.78 is 48.9. The van der Waals surface area contributed by atoms with E-state index >= 15 is 0 Å². The zero-order valence-electron chi connectivity index (χ0n) is 20.3.